The van der Waals surface area contributed by atoms with Crippen LogP contribution >= 0.6 is 0 Å². The van der Waals surface area contributed by atoms with Crippen LogP contribution in [0, 0.1) is 17.6 Å². The van der Waals surface area contributed by atoms with E-state index in [0.29, 0.717) is 17.0 Å². The number of halogens is 4. The van der Waals surface area contributed by atoms with E-state index in [2.05, 4.69) is 11.7 Å². The van der Waals surface area contributed by atoms with Crippen molar-refractivity contribution in [3.05, 3.63) is 77.9 Å². The molecular weight excluding hydrogens is 432 g/mol. The summed E-state index contributed by atoms with van der Waals surface area (Å²) in [5.41, 5.74) is 0.977. The van der Waals surface area contributed by atoms with Crippen LogP contribution in [-0.4, -0.2) is 6.61 Å². The van der Waals surface area contributed by atoms with Gasteiger partial charge in [-0.05, 0) is 73.4 Å². The lowest BCUT2D eigenvalue weighted by molar-refractivity contribution is -0.0498. The molecule has 6 heteroatoms. The van der Waals surface area contributed by atoms with Crippen LogP contribution in [0.4, 0.5) is 17.6 Å². The largest absolute Gasteiger partial charge is 0.454 e. The van der Waals surface area contributed by atoms with Crippen LogP contribution in [0.15, 0.2) is 60.7 Å². The molecule has 0 unspecified atom stereocenters. The lowest BCUT2D eigenvalue weighted by atomic mass is 9.77. The lowest BCUT2D eigenvalue weighted by Crippen LogP contribution is -2.15. The summed E-state index contributed by atoms with van der Waals surface area (Å²) in [6.45, 7) is -0.800. The Balaban J connectivity index is 1.72. The molecule has 0 amide bonds. The molecule has 0 aromatic heterocycles. The first-order valence-electron chi connectivity index (χ1n) is 11.3. The molecule has 0 radical (unpaired) electrons. The molecule has 0 spiro atoms. The number of rotatable bonds is 7. The van der Waals surface area contributed by atoms with Crippen LogP contribution in [0.25, 0.3) is 11.1 Å². The minimum Gasteiger partial charge on any atom is -0.454 e. The molecule has 174 valence electrons. The zero-order valence-corrected chi connectivity index (χ0v) is 18.4. The molecule has 1 aliphatic carbocycles. The zero-order chi connectivity index (χ0) is 23.4. The Hall–Kier alpha value is -3.02. The van der Waals surface area contributed by atoms with Gasteiger partial charge in [0.15, 0.2) is 11.6 Å². The standard InChI is InChI=1S/C27H26F4O2/c1-2-17-8-10-19(11-9-17)24-23(28)16-22(18-6-4-3-5-7-18)26(25(24)29)32-20-12-14-21(15-13-20)33-27(30)31/h3-7,12-17,19,27H,2,8-11H2,1H3. The molecule has 4 rings (SSSR count). The Bertz CT molecular complexity index is 1060. The van der Waals surface area contributed by atoms with Crippen LogP contribution in [-0.2, 0) is 0 Å². The molecule has 33 heavy (non-hydrogen) atoms. The van der Waals surface area contributed by atoms with E-state index >= 15 is 8.78 Å². The predicted molar refractivity (Wildman–Crippen MR) is 120 cm³/mol. The zero-order valence-electron chi connectivity index (χ0n) is 18.4. The molecule has 1 aliphatic rings. The molecule has 3 aromatic carbocycles. The quantitative estimate of drug-likeness (QED) is 0.330. The topological polar surface area (TPSA) is 18.5 Å². The van der Waals surface area contributed by atoms with E-state index in [1.807, 2.05) is 6.07 Å². The minimum atomic E-state index is -2.94. The summed E-state index contributed by atoms with van der Waals surface area (Å²) in [5, 5.41) is 0. The van der Waals surface area contributed by atoms with Crippen molar-refractivity contribution < 1.29 is 27.0 Å². The maximum Gasteiger partial charge on any atom is 0.387 e. The van der Waals surface area contributed by atoms with Crippen molar-refractivity contribution in [1.29, 1.82) is 0 Å². The van der Waals surface area contributed by atoms with E-state index < -0.39 is 18.2 Å². The first kappa shape index (κ1) is 23.1. The molecule has 0 heterocycles. The van der Waals surface area contributed by atoms with Crippen LogP contribution < -0.4 is 9.47 Å². The van der Waals surface area contributed by atoms with Gasteiger partial charge in [0.1, 0.15) is 17.3 Å². The molecule has 2 nitrogen and oxygen atoms in total. The highest BCUT2D eigenvalue weighted by Crippen LogP contribution is 2.45. The van der Waals surface area contributed by atoms with E-state index in [9.17, 15) is 8.78 Å². The van der Waals surface area contributed by atoms with Crippen molar-refractivity contribution in [3.8, 4) is 28.4 Å². The SMILES string of the molecule is CCC1CCC(c2c(F)cc(-c3ccccc3)c(Oc3ccc(OC(F)F)cc3)c2F)CC1. The van der Waals surface area contributed by atoms with Crippen molar-refractivity contribution in [2.45, 2.75) is 51.6 Å². The van der Waals surface area contributed by atoms with Crippen molar-refractivity contribution in [1.82, 2.24) is 0 Å². The summed E-state index contributed by atoms with van der Waals surface area (Å²) in [6.07, 6.45) is 4.43. The predicted octanol–water partition coefficient (Wildman–Crippen LogP) is 8.71. The number of alkyl halides is 2. The smallest absolute Gasteiger partial charge is 0.387 e. The normalized spacial score (nSPS) is 18.4. The molecule has 0 bridgehead atoms. The first-order chi connectivity index (χ1) is 16.0. The van der Waals surface area contributed by atoms with Gasteiger partial charge in [-0.15, -0.1) is 0 Å². The van der Waals surface area contributed by atoms with Gasteiger partial charge in [-0.25, -0.2) is 8.78 Å². The van der Waals surface area contributed by atoms with E-state index in [-0.39, 0.29) is 28.7 Å². The maximum absolute atomic E-state index is 15.9. The molecule has 0 N–H and O–H groups in total. The molecule has 0 saturated heterocycles. The van der Waals surface area contributed by atoms with Gasteiger partial charge < -0.3 is 9.47 Å². The van der Waals surface area contributed by atoms with Gasteiger partial charge in [0.2, 0.25) is 0 Å². The molecular formula is C27H26F4O2. The average molecular weight is 458 g/mol. The monoisotopic (exact) mass is 458 g/mol. The van der Waals surface area contributed by atoms with Gasteiger partial charge in [0.25, 0.3) is 0 Å². The van der Waals surface area contributed by atoms with Crippen LogP contribution in [0.1, 0.15) is 50.5 Å². The first-order valence-corrected chi connectivity index (χ1v) is 11.3. The van der Waals surface area contributed by atoms with E-state index in [4.69, 9.17) is 4.74 Å². The highest BCUT2D eigenvalue weighted by atomic mass is 19.3. The van der Waals surface area contributed by atoms with Gasteiger partial charge in [0, 0.05) is 11.1 Å². The highest BCUT2D eigenvalue weighted by molar-refractivity contribution is 5.72. The average Bonchev–Trinajstić information content (AvgIpc) is 2.82. The molecule has 3 aromatic rings. The summed E-state index contributed by atoms with van der Waals surface area (Å²) < 4.78 is 66.3. The summed E-state index contributed by atoms with van der Waals surface area (Å²) in [6, 6.07) is 15.7. The number of hydrogen-bond acceptors (Lipinski definition) is 2. The molecule has 0 atom stereocenters. The maximum atomic E-state index is 15.9. The van der Waals surface area contributed by atoms with E-state index in [0.717, 1.165) is 32.1 Å². The number of hydrogen-bond donors (Lipinski definition) is 0. The van der Waals surface area contributed by atoms with E-state index in [1.165, 1.54) is 30.3 Å². The second-order valence-corrected chi connectivity index (χ2v) is 8.41. The number of benzene rings is 3. The Kier molecular flexibility index (Phi) is 7.21. The van der Waals surface area contributed by atoms with Gasteiger partial charge >= 0.3 is 6.61 Å². The fourth-order valence-corrected chi connectivity index (χ4v) is 4.59. The fourth-order valence-electron chi connectivity index (χ4n) is 4.59. The highest BCUT2D eigenvalue weighted by Gasteiger charge is 2.30. The third-order valence-corrected chi connectivity index (χ3v) is 6.39. The number of ether oxygens (including phenoxy) is 2. The van der Waals surface area contributed by atoms with Gasteiger partial charge in [0.05, 0.1) is 0 Å². The Morgan fingerprint density at radius 2 is 1.52 bits per heavy atom. The van der Waals surface area contributed by atoms with Crippen LogP contribution in [0.5, 0.6) is 17.2 Å². The van der Waals surface area contributed by atoms with Crippen molar-refractivity contribution in [2.75, 3.05) is 0 Å². The van der Waals surface area contributed by atoms with Crippen molar-refractivity contribution in [3.63, 3.8) is 0 Å². The Morgan fingerprint density at radius 1 is 0.879 bits per heavy atom. The summed E-state index contributed by atoms with van der Waals surface area (Å²) in [4.78, 5) is 0. The third kappa shape index (κ3) is 5.32. The van der Waals surface area contributed by atoms with Crippen molar-refractivity contribution >= 4 is 0 Å². The van der Waals surface area contributed by atoms with Crippen molar-refractivity contribution in [2.24, 2.45) is 5.92 Å². The second kappa shape index (κ2) is 10.3. The summed E-state index contributed by atoms with van der Waals surface area (Å²) in [5.74, 6) is -0.755. The fraction of sp³-hybridized carbons (Fsp3) is 0.333. The van der Waals surface area contributed by atoms with Gasteiger partial charge in [-0.2, -0.15) is 8.78 Å². The van der Waals surface area contributed by atoms with Crippen LogP contribution in [0.3, 0.4) is 0 Å². The lowest BCUT2D eigenvalue weighted by Gasteiger charge is -2.29. The Labute approximate surface area is 191 Å². The van der Waals surface area contributed by atoms with Gasteiger partial charge in [-0.3, -0.25) is 0 Å². The summed E-state index contributed by atoms with van der Waals surface area (Å²) >= 11 is 0. The van der Waals surface area contributed by atoms with E-state index in [1.54, 1.807) is 24.3 Å². The molecule has 1 fully saturated rings. The second-order valence-electron chi connectivity index (χ2n) is 8.41. The van der Waals surface area contributed by atoms with Gasteiger partial charge in [-0.1, -0.05) is 43.7 Å². The molecule has 0 aliphatic heterocycles. The minimum absolute atomic E-state index is 0.0337. The molecule has 1 saturated carbocycles. The summed E-state index contributed by atoms with van der Waals surface area (Å²) in [7, 11) is 0. The Morgan fingerprint density at radius 3 is 2.12 bits per heavy atom. The van der Waals surface area contributed by atoms with Crippen LogP contribution in [0.2, 0.25) is 0 Å². The third-order valence-electron chi connectivity index (χ3n) is 6.39.